The quantitative estimate of drug-likeness (QED) is 0.609. The van der Waals surface area contributed by atoms with Crippen molar-refractivity contribution in [1.82, 2.24) is 4.90 Å². The van der Waals surface area contributed by atoms with E-state index in [1.54, 1.807) is 4.90 Å². The van der Waals surface area contributed by atoms with Gasteiger partial charge in [-0.1, -0.05) is 27.7 Å². The Morgan fingerprint density at radius 3 is 2.27 bits per heavy atom. The standard InChI is InChI=1S/C12H25NO2/c1-10(2)6-8-15-9-7-13(5)12(14)11(3)4/h10-11H,6-9H2,1-5H3. The number of amides is 1. The van der Waals surface area contributed by atoms with Crippen LogP contribution in [0.3, 0.4) is 0 Å². The molecule has 90 valence electrons. The van der Waals surface area contributed by atoms with Crippen molar-refractivity contribution in [3.63, 3.8) is 0 Å². The van der Waals surface area contributed by atoms with Gasteiger partial charge in [-0.2, -0.15) is 0 Å². The van der Waals surface area contributed by atoms with Gasteiger partial charge in [-0.25, -0.2) is 0 Å². The molecule has 0 radical (unpaired) electrons. The van der Waals surface area contributed by atoms with Gasteiger partial charge < -0.3 is 9.64 Å². The zero-order chi connectivity index (χ0) is 11.8. The summed E-state index contributed by atoms with van der Waals surface area (Å²) in [6.45, 7) is 10.3. The van der Waals surface area contributed by atoms with E-state index in [1.807, 2.05) is 20.9 Å². The van der Waals surface area contributed by atoms with E-state index in [4.69, 9.17) is 4.74 Å². The summed E-state index contributed by atoms with van der Waals surface area (Å²) in [5.74, 6) is 0.938. The summed E-state index contributed by atoms with van der Waals surface area (Å²) in [5, 5.41) is 0. The van der Waals surface area contributed by atoms with E-state index >= 15 is 0 Å². The van der Waals surface area contributed by atoms with Crippen LogP contribution in [0.1, 0.15) is 34.1 Å². The van der Waals surface area contributed by atoms with Gasteiger partial charge in [-0.15, -0.1) is 0 Å². The molecular weight excluding hydrogens is 190 g/mol. The largest absolute Gasteiger partial charge is 0.380 e. The normalized spacial score (nSPS) is 11.1. The van der Waals surface area contributed by atoms with Gasteiger partial charge in [0.25, 0.3) is 0 Å². The lowest BCUT2D eigenvalue weighted by atomic mass is 10.1. The molecule has 0 aliphatic carbocycles. The van der Waals surface area contributed by atoms with E-state index in [1.165, 1.54) is 0 Å². The Labute approximate surface area is 93.8 Å². The predicted octanol–water partition coefficient (Wildman–Crippen LogP) is 2.16. The van der Waals surface area contributed by atoms with Gasteiger partial charge >= 0.3 is 0 Å². The van der Waals surface area contributed by atoms with Gasteiger partial charge in [0.05, 0.1) is 6.61 Å². The van der Waals surface area contributed by atoms with E-state index in [9.17, 15) is 4.79 Å². The van der Waals surface area contributed by atoms with Crippen LogP contribution in [-0.2, 0) is 9.53 Å². The molecule has 0 bridgehead atoms. The van der Waals surface area contributed by atoms with Crippen LogP contribution in [0.2, 0.25) is 0 Å². The number of likely N-dealkylation sites (N-methyl/N-ethyl adjacent to an activating group) is 1. The number of carbonyl (C=O) groups is 1. The van der Waals surface area contributed by atoms with Gasteiger partial charge in [-0.3, -0.25) is 4.79 Å². The second kappa shape index (κ2) is 7.69. The summed E-state index contributed by atoms with van der Waals surface area (Å²) >= 11 is 0. The molecule has 0 saturated heterocycles. The summed E-state index contributed by atoms with van der Waals surface area (Å²) in [5.41, 5.74) is 0. The van der Waals surface area contributed by atoms with Crippen LogP contribution in [0, 0.1) is 11.8 Å². The number of carbonyl (C=O) groups excluding carboxylic acids is 1. The minimum atomic E-state index is 0.0747. The molecule has 0 rings (SSSR count). The fraction of sp³-hybridized carbons (Fsp3) is 0.917. The SMILES string of the molecule is CC(C)CCOCCN(C)C(=O)C(C)C. The molecule has 0 atom stereocenters. The van der Waals surface area contributed by atoms with Crippen molar-refractivity contribution in [3.05, 3.63) is 0 Å². The Kier molecular flexibility index (Phi) is 7.39. The van der Waals surface area contributed by atoms with Gasteiger partial charge in [0.1, 0.15) is 0 Å². The maximum absolute atomic E-state index is 11.5. The van der Waals surface area contributed by atoms with Crippen molar-refractivity contribution in [2.24, 2.45) is 11.8 Å². The Morgan fingerprint density at radius 2 is 1.80 bits per heavy atom. The van der Waals surface area contributed by atoms with Gasteiger partial charge in [-0.05, 0) is 12.3 Å². The third-order valence-electron chi connectivity index (χ3n) is 2.28. The lowest BCUT2D eigenvalue weighted by Gasteiger charge is -2.19. The highest BCUT2D eigenvalue weighted by atomic mass is 16.5. The smallest absolute Gasteiger partial charge is 0.224 e. The van der Waals surface area contributed by atoms with Crippen LogP contribution in [0.25, 0.3) is 0 Å². The summed E-state index contributed by atoms with van der Waals surface area (Å²) in [7, 11) is 1.83. The number of rotatable bonds is 7. The predicted molar refractivity (Wildman–Crippen MR) is 62.7 cm³/mol. The molecule has 0 spiro atoms. The maximum Gasteiger partial charge on any atom is 0.224 e. The average molecular weight is 215 g/mol. The highest BCUT2D eigenvalue weighted by Gasteiger charge is 2.11. The first-order valence-electron chi connectivity index (χ1n) is 5.77. The van der Waals surface area contributed by atoms with Crippen LogP contribution >= 0.6 is 0 Å². The molecule has 0 aromatic rings. The fourth-order valence-electron chi connectivity index (χ4n) is 1.17. The van der Waals surface area contributed by atoms with Crippen LogP contribution < -0.4 is 0 Å². The Bertz CT molecular complexity index is 178. The van der Waals surface area contributed by atoms with Crippen molar-refractivity contribution < 1.29 is 9.53 Å². The minimum absolute atomic E-state index is 0.0747. The number of ether oxygens (including phenoxy) is 1. The van der Waals surface area contributed by atoms with E-state index in [2.05, 4.69) is 13.8 Å². The van der Waals surface area contributed by atoms with Crippen molar-refractivity contribution in [1.29, 1.82) is 0 Å². The molecule has 0 aliphatic heterocycles. The van der Waals surface area contributed by atoms with Gasteiger partial charge in [0, 0.05) is 26.1 Å². The molecule has 0 saturated carbocycles. The van der Waals surface area contributed by atoms with Gasteiger partial charge in [0.15, 0.2) is 0 Å². The van der Waals surface area contributed by atoms with E-state index < -0.39 is 0 Å². The molecule has 0 unspecified atom stereocenters. The minimum Gasteiger partial charge on any atom is -0.380 e. The molecule has 0 aliphatic rings. The second-order valence-corrected chi connectivity index (χ2v) is 4.71. The highest BCUT2D eigenvalue weighted by Crippen LogP contribution is 2.00. The van der Waals surface area contributed by atoms with E-state index in [0.717, 1.165) is 13.0 Å². The first kappa shape index (κ1) is 14.4. The number of hydrogen-bond donors (Lipinski definition) is 0. The second-order valence-electron chi connectivity index (χ2n) is 4.71. The van der Waals surface area contributed by atoms with Crippen LogP contribution in [0.5, 0.6) is 0 Å². The van der Waals surface area contributed by atoms with Crippen molar-refractivity contribution in [3.8, 4) is 0 Å². The summed E-state index contributed by atoms with van der Waals surface area (Å²) in [6, 6.07) is 0. The molecule has 1 amide bonds. The van der Waals surface area contributed by atoms with E-state index in [0.29, 0.717) is 19.1 Å². The molecule has 3 nitrogen and oxygen atoms in total. The first-order chi connectivity index (χ1) is 6.95. The fourth-order valence-corrected chi connectivity index (χ4v) is 1.17. The van der Waals surface area contributed by atoms with Crippen molar-refractivity contribution >= 4 is 5.91 Å². The molecule has 0 aromatic carbocycles. The maximum atomic E-state index is 11.5. The third-order valence-corrected chi connectivity index (χ3v) is 2.28. The zero-order valence-corrected chi connectivity index (χ0v) is 10.7. The number of hydrogen-bond acceptors (Lipinski definition) is 2. The van der Waals surface area contributed by atoms with Crippen LogP contribution in [0.15, 0.2) is 0 Å². The monoisotopic (exact) mass is 215 g/mol. The first-order valence-corrected chi connectivity index (χ1v) is 5.77. The van der Waals surface area contributed by atoms with Crippen molar-refractivity contribution in [2.75, 3.05) is 26.8 Å². The zero-order valence-electron chi connectivity index (χ0n) is 10.7. The molecule has 0 fully saturated rings. The van der Waals surface area contributed by atoms with Crippen LogP contribution in [0.4, 0.5) is 0 Å². The molecular formula is C12H25NO2. The van der Waals surface area contributed by atoms with Crippen molar-refractivity contribution in [2.45, 2.75) is 34.1 Å². The molecule has 15 heavy (non-hydrogen) atoms. The third kappa shape index (κ3) is 7.37. The molecule has 0 heterocycles. The average Bonchev–Trinajstić information content (AvgIpc) is 2.15. The Hall–Kier alpha value is -0.570. The number of nitrogens with zero attached hydrogens (tertiary/aromatic N) is 1. The molecule has 0 N–H and O–H groups in total. The highest BCUT2D eigenvalue weighted by molar-refractivity contribution is 5.77. The topological polar surface area (TPSA) is 29.5 Å². The summed E-state index contributed by atoms with van der Waals surface area (Å²) < 4.78 is 5.45. The van der Waals surface area contributed by atoms with Gasteiger partial charge in [0.2, 0.25) is 5.91 Å². The Balaban J connectivity index is 3.47. The molecule has 3 heteroatoms. The van der Waals surface area contributed by atoms with E-state index in [-0.39, 0.29) is 11.8 Å². The summed E-state index contributed by atoms with van der Waals surface area (Å²) in [4.78, 5) is 13.2. The lowest BCUT2D eigenvalue weighted by molar-refractivity contribution is -0.133. The summed E-state index contributed by atoms with van der Waals surface area (Å²) in [6.07, 6.45) is 1.09. The molecule has 0 aromatic heterocycles. The Morgan fingerprint density at radius 1 is 1.20 bits per heavy atom. The van der Waals surface area contributed by atoms with Crippen LogP contribution in [-0.4, -0.2) is 37.6 Å². The lowest BCUT2D eigenvalue weighted by Crippen LogP contribution is -2.33.